The molecule has 0 N–H and O–H groups in total. The summed E-state index contributed by atoms with van der Waals surface area (Å²) in [5, 5.41) is 7.07. The summed E-state index contributed by atoms with van der Waals surface area (Å²) in [6.07, 6.45) is 0. The number of benzene rings is 8. The van der Waals surface area contributed by atoms with Crippen molar-refractivity contribution in [1.82, 2.24) is 4.98 Å². The Morgan fingerprint density at radius 1 is 0.462 bits per heavy atom. The van der Waals surface area contributed by atoms with Crippen LogP contribution in [-0.2, 0) is 0 Å². The van der Waals surface area contributed by atoms with Crippen molar-refractivity contribution in [1.29, 1.82) is 0 Å². The Balaban J connectivity index is 1.07. The largest absolute Gasteiger partial charge is 0.456 e. The van der Waals surface area contributed by atoms with Crippen LogP contribution in [0, 0.1) is 0 Å². The van der Waals surface area contributed by atoms with Crippen molar-refractivity contribution in [3.8, 4) is 22.6 Å². The minimum absolute atomic E-state index is 0.604. The van der Waals surface area contributed by atoms with Gasteiger partial charge in [-0.15, -0.1) is 11.3 Å². The van der Waals surface area contributed by atoms with Gasteiger partial charge in [0.2, 0.25) is 5.89 Å². The van der Waals surface area contributed by atoms with E-state index in [1.54, 1.807) is 0 Å². The van der Waals surface area contributed by atoms with E-state index < -0.39 is 0 Å². The fourth-order valence-corrected chi connectivity index (χ4v) is 8.84. The number of nitrogens with zero attached hydrogens (tertiary/aromatic N) is 2. The van der Waals surface area contributed by atoms with E-state index in [1.807, 2.05) is 47.7 Å². The maximum Gasteiger partial charge on any atom is 0.227 e. The quantitative estimate of drug-likeness (QED) is 0.181. The summed E-state index contributed by atoms with van der Waals surface area (Å²) in [5.74, 6) is 0.604. The molecule has 0 saturated carbocycles. The SMILES string of the molecule is c1ccc(-c2nc3cc4c(cc3o2)oc2cc(N(c3ccc(-c5cccc6ccccc56)cc3)c3cccc5c3sc3ccccc35)ccc24)cc1. The zero-order valence-electron chi connectivity index (χ0n) is 27.8. The molecule has 0 spiro atoms. The van der Waals surface area contributed by atoms with Crippen LogP contribution in [0.25, 0.3) is 86.6 Å². The van der Waals surface area contributed by atoms with Gasteiger partial charge in [-0.25, -0.2) is 4.98 Å². The zero-order chi connectivity index (χ0) is 34.2. The van der Waals surface area contributed by atoms with Gasteiger partial charge in [-0.3, -0.25) is 0 Å². The van der Waals surface area contributed by atoms with E-state index in [1.165, 1.54) is 42.1 Å². The van der Waals surface area contributed by atoms with E-state index in [2.05, 4.69) is 138 Å². The van der Waals surface area contributed by atoms with Crippen molar-refractivity contribution >= 4 is 92.4 Å². The van der Waals surface area contributed by atoms with E-state index in [0.29, 0.717) is 11.5 Å². The number of thiophene rings is 1. The zero-order valence-corrected chi connectivity index (χ0v) is 28.6. The molecule has 8 aromatic carbocycles. The van der Waals surface area contributed by atoms with Crippen LogP contribution < -0.4 is 4.90 Å². The molecule has 0 aliphatic rings. The Labute approximate surface area is 302 Å². The lowest BCUT2D eigenvalue weighted by atomic mass is 9.98. The molecular weight excluding hydrogens is 657 g/mol. The summed E-state index contributed by atoms with van der Waals surface area (Å²) in [5.41, 5.74) is 9.66. The summed E-state index contributed by atoms with van der Waals surface area (Å²) in [4.78, 5) is 7.18. The summed E-state index contributed by atoms with van der Waals surface area (Å²) < 4.78 is 15.3. The van der Waals surface area contributed by atoms with Gasteiger partial charge >= 0.3 is 0 Å². The van der Waals surface area contributed by atoms with Crippen LogP contribution in [0.3, 0.4) is 0 Å². The molecule has 52 heavy (non-hydrogen) atoms. The molecule has 3 heterocycles. The number of furan rings is 1. The van der Waals surface area contributed by atoms with Crippen LogP contribution in [0.15, 0.2) is 179 Å². The van der Waals surface area contributed by atoms with Crippen molar-refractivity contribution < 1.29 is 8.83 Å². The number of hydrogen-bond acceptors (Lipinski definition) is 5. The standard InChI is InChI=1S/C47H28N2O2S/c1-2-11-31(12-3-1)47-48-40-27-39-36-25-24-33(26-42(36)50-43(39)28-44(40)51-47)49(41-18-9-17-38-37-15-6-7-19-45(37)52-46(38)41)32-22-20-30(21-23-32)35-16-8-13-29-10-4-5-14-34(29)35/h1-28H. The van der Waals surface area contributed by atoms with Gasteiger partial charge in [0, 0.05) is 55.3 Å². The Morgan fingerprint density at radius 2 is 1.19 bits per heavy atom. The lowest BCUT2D eigenvalue weighted by Crippen LogP contribution is -2.10. The number of hydrogen-bond donors (Lipinski definition) is 0. The first-order valence-corrected chi connectivity index (χ1v) is 18.2. The minimum Gasteiger partial charge on any atom is -0.456 e. The number of oxazole rings is 1. The van der Waals surface area contributed by atoms with Crippen LogP contribution in [0.4, 0.5) is 17.1 Å². The summed E-state index contributed by atoms with van der Waals surface area (Å²) in [7, 11) is 0. The molecule has 3 aromatic heterocycles. The Kier molecular flexibility index (Phi) is 6.39. The van der Waals surface area contributed by atoms with Gasteiger partial charge in [-0.2, -0.15) is 0 Å². The van der Waals surface area contributed by atoms with Gasteiger partial charge in [0.1, 0.15) is 16.7 Å². The molecule has 0 aliphatic carbocycles. The van der Waals surface area contributed by atoms with Crippen molar-refractivity contribution in [3.05, 3.63) is 170 Å². The molecule has 0 atom stereocenters. The predicted octanol–water partition coefficient (Wildman–Crippen LogP) is 14.1. The van der Waals surface area contributed by atoms with Crippen LogP contribution in [0.1, 0.15) is 0 Å². The molecule has 11 rings (SSSR count). The molecule has 0 fully saturated rings. The van der Waals surface area contributed by atoms with Crippen molar-refractivity contribution in [2.24, 2.45) is 0 Å². The highest BCUT2D eigenvalue weighted by molar-refractivity contribution is 7.26. The highest BCUT2D eigenvalue weighted by atomic mass is 32.1. The highest BCUT2D eigenvalue weighted by Gasteiger charge is 2.21. The lowest BCUT2D eigenvalue weighted by Gasteiger charge is -2.26. The molecule has 0 unspecified atom stereocenters. The fourth-order valence-electron chi connectivity index (χ4n) is 7.63. The second-order valence-electron chi connectivity index (χ2n) is 13.1. The van der Waals surface area contributed by atoms with Crippen LogP contribution in [0.2, 0.25) is 0 Å². The molecule has 0 aliphatic heterocycles. The van der Waals surface area contributed by atoms with Gasteiger partial charge in [0.25, 0.3) is 0 Å². The van der Waals surface area contributed by atoms with Gasteiger partial charge in [-0.1, -0.05) is 103 Å². The molecule has 0 amide bonds. The molecule has 5 heteroatoms. The first-order chi connectivity index (χ1) is 25.7. The first kappa shape index (κ1) is 29.1. The molecule has 0 radical (unpaired) electrons. The molecule has 0 saturated heterocycles. The van der Waals surface area contributed by atoms with Crippen molar-refractivity contribution in [3.63, 3.8) is 0 Å². The van der Waals surface area contributed by atoms with Crippen molar-refractivity contribution in [2.75, 3.05) is 4.90 Å². The molecular formula is C47H28N2O2S. The maximum atomic E-state index is 6.58. The number of aromatic nitrogens is 1. The normalized spacial score (nSPS) is 11.8. The molecule has 11 aromatic rings. The van der Waals surface area contributed by atoms with E-state index in [-0.39, 0.29) is 0 Å². The summed E-state index contributed by atoms with van der Waals surface area (Å²) >= 11 is 1.83. The molecule has 0 bridgehead atoms. The van der Waals surface area contributed by atoms with E-state index in [0.717, 1.165) is 50.1 Å². The van der Waals surface area contributed by atoms with E-state index >= 15 is 0 Å². The second-order valence-corrected chi connectivity index (χ2v) is 14.2. The van der Waals surface area contributed by atoms with Gasteiger partial charge in [-0.05, 0) is 76.5 Å². The summed E-state index contributed by atoms with van der Waals surface area (Å²) in [6.45, 7) is 0. The third kappa shape index (κ3) is 4.57. The average molecular weight is 685 g/mol. The van der Waals surface area contributed by atoms with Crippen LogP contribution in [-0.4, -0.2) is 4.98 Å². The molecule has 4 nitrogen and oxygen atoms in total. The van der Waals surface area contributed by atoms with Crippen LogP contribution >= 0.6 is 11.3 Å². The van der Waals surface area contributed by atoms with E-state index in [4.69, 9.17) is 13.8 Å². The third-order valence-corrected chi connectivity index (χ3v) is 11.3. The topological polar surface area (TPSA) is 42.4 Å². The third-order valence-electron chi connectivity index (χ3n) is 10.1. The Morgan fingerprint density at radius 3 is 2.10 bits per heavy atom. The highest BCUT2D eigenvalue weighted by Crippen LogP contribution is 2.46. The Hall–Kier alpha value is -6.69. The van der Waals surface area contributed by atoms with E-state index in [9.17, 15) is 0 Å². The monoisotopic (exact) mass is 684 g/mol. The number of fused-ring (bicyclic) bond motifs is 8. The predicted molar refractivity (Wildman–Crippen MR) is 217 cm³/mol. The van der Waals surface area contributed by atoms with Gasteiger partial charge in [0.15, 0.2) is 5.58 Å². The fraction of sp³-hybridized carbons (Fsp3) is 0. The minimum atomic E-state index is 0.604. The Bertz CT molecular complexity index is 3130. The van der Waals surface area contributed by atoms with Gasteiger partial charge in [0.05, 0.1) is 10.4 Å². The summed E-state index contributed by atoms with van der Waals surface area (Å²) in [6, 6.07) is 59.9. The second kappa shape index (κ2) is 11.4. The van der Waals surface area contributed by atoms with Crippen LogP contribution in [0.5, 0.6) is 0 Å². The molecule has 244 valence electrons. The van der Waals surface area contributed by atoms with Crippen molar-refractivity contribution in [2.45, 2.75) is 0 Å². The first-order valence-electron chi connectivity index (χ1n) is 17.4. The number of anilines is 3. The average Bonchev–Trinajstić information content (AvgIpc) is 3.90. The smallest absolute Gasteiger partial charge is 0.227 e. The maximum absolute atomic E-state index is 6.58. The lowest BCUT2D eigenvalue weighted by molar-refractivity contribution is 0.617. The van der Waals surface area contributed by atoms with Gasteiger partial charge < -0.3 is 13.7 Å². The number of rotatable bonds is 5.